The van der Waals surface area contributed by atoms with Gasteiger partial charge in [0.1, 0.15) is 11.5 Å². The van der Waals surface area contributed by atoms with Crippen molar-refractivity contribution < 1.29 is 14.3 Å². The van der Waals surface area contributed by atoms with E-state index in [0.29, 0.717) is 22.7 Å². The molecular weight excluding hydrogens is 254 g/mol. The molecule has 4 heteroatoms. The Kier molecular flexibility index (Phi) is 4.25. The molecule has 4 nitrogen and oxygen atoms in total. The highest BCUT2D eigenvalue weighted by atomic mass is 16.5. The number of carbonyl (C=O) groups excluding carboxylic acids is 1. The summed E-state index contributed by atoms with van der Waals surface area (Å²) in [6.07, 6.45) is 0. The van der Waals surface area contributed by atoms with E-state index in [1.807, 2.05) is 31.2 Å². The number of hydrogen-bond acceptors (Lipinski definition) is 3. The SMILES string of the molecule is COc1cccc(NC(=O)c2cc(C)ccc2OC)c1. The summed E-state index contributed by atoms with van der Waals surface area (Å²) in [5.41, 5.74) is 2.19. The molecular formula is C16H17NO3. The lowest BCUT2D eigenvalue weighted by Crippen LogP contribution is -2.13. The van der Waals surface area contributed by atoms with Crippen LogP contribution in [0.2, 0.25) is 0 Å². The Labute approximate surface area is 118 Å². The van der Waals surface area contributed by atoms with Gasteiger partial charge in [0.2, 0.25) is 0 Å². The first-order chi connectivity index (χ1) is 9.63. The predicted octanol–water partition coefficient (Wildman–Crippen LogP) is 3.26. The van der Waals surface area contributed by atoms with Gasteiger partial charge in [0.15, 0.2) is 0 Å². The molecule has 0 unspecified atom stereocenters. The number of nitrogens with one attached hydrogen (secondary N) is 1. The molecule has 0 aliphatic rings. The first-order valence-electron chi connectivity index (χ1n) is 6.24. The molecule has 1 N–H and O–H groups in total. The predicted molar refractivity (Wildman–Crippen MR) is 78.7 cm³/mol. The van der Waals surface area contributed by atoms with Crippen molar-refractivity contribution in [1.29, 1.82) is 0 Å². The van der Waals surface area contributed by atoms with E-state index in [1.54, 1.807) is 32.4 Å². The van der Waals surface area contributed by atoms with Crippen molar-refractivity contribution in [1.82, 2.24) is 0 Å². The van der Waals surface area contributed by atoms with E-state index in [4.69, 9.17) is 9.47 Å². The van der Waals surface area contributed by atoms with Crippen LogP contribution >= 0.6 is 0 Å². The van der Waals surface area contributed by atoms with E-state index in [-0.39, 0.29) is 5.91 Å². The van der Waals surface area contributed by atoms with Crippen LogP contribution in [0.3, 0.4) is 0 Å². The Balaban J connectivity index is 2.25. The van der Waals surface area contributed by atoms with Gasteiger partial charge in [-0.3, -0.25) is 4.79 Å². The van der Waals surface area contributed by atoms with Gasteiger partial charge in [0, 0.05) is 11.8 Å². The number of anilines is 1. The van der Waals surface area contributed by atoms with Crippen LogP contribution in [0.4, 0.5) is 5.69 Å². The van der Waals surface area contributed by atoms with Crippen molar-refractivity contribution in [3.8, 4) is 11.5 Å². The smallest absolute Gasteiger partial charge is 0.259 e. The molecule has 2 rings (SSSR count). The van der Waals surface area contributed by atoms with Crippen molar-refractivity contribution in [2.75, 3.05) is 19.5 Å². The number of benzene rings is 2. The maximum absolute atomic E-state index is 12.3. The van der Waals surface area contributed by atoms with Crippen LogP contribution in [0, 0.1) is 6.92 Å². The van der Waals surface area contributed by atoms with Crippen LogP contribution in [0.15, 0.2) is 42.5 Å². The summed E-state index contributed by atoms with van der Waals surface area (Å²) in [5, 5.41) is 2.84. The lowest BCUT2D eigenvalue weighted by molar-refractivity contribution is 0.102. The minimum Gasteiger partial charge on any atom is -0.497 e. The second kappa shape index (κ2) is 6.10. The average Bonchev–Trinajstić information content (AvgIpc) is 2.47. The zero-order chi connectivity index (χ0) is 14.5. The molecule has 0 aliphatic heterocycles. The Bertz CT molecular complexity index is 623. The fourth-order valence-electron chi connectivity index (χ4n) is 1.90. The van der Waals surface area contributed by atoms with Gasteiger partial charge in [-0.2, -0.15) is 0 Å². The normalized spacial score (nSPS) is 9.95. The van der Waals surface area contributed by atoms with Gasteiger partial charge in [-0.1, -0.05) is 17.7 Å². The van der Waals surface area contributed by atoms with E-state index >= 15 is 0 Å². The summed E-state index contributed by atoms with van der Waals surface area (Å²) in [5.74, 6) is 1.04. The largest absolute Gasteiger partial charge is 0.497 e. The molecule has 0 saturated heterocycles. The quantitative estimate of drug-likeness (QED) is 0.928. The number of methoxy groups -OCH3 is 2. The van der Waals surface area contributed by atoms with Crippen LogP contribution in [-0.2, 0) is 0 Å². The third-order valence-corrected chi connectivity index (χ3v) is 2.93. The monoisotopic (exact) mass is 271 g/mol. The number of amides is 1. The van der Waals surface area contributed by atoms with Crippen molar-refractivity contribution in [2.24, 2.45) is 0 Å². The molecule has 0 saturated carbocycles. The van der Waals surface area contributed by atoms with E-state index in [0.717, 1.165) is 5.56 Å². The topological polar surface area (TPSA) is 47.6 Å². The van der Waals surface area contributed by atoms with Crippen molar-refractivity contribution in [3.05, 3.63) is 53.6 Å². The van der Waals surface area contributed by atoms with Crippen LogP contribution in [0.5, 0.6) is 11.5 Å². The molecule has 0 heterocycles. The van der Waals surface area contributed by atoms with E-state index < -0.39 is 0 Å². The summed E-state index contributed by atoms with van der Waals surface area (Å²) in [7, 11) is 3.14. The molecule has 20 heavy (non-hydrogen) atoms. The molecule has 0 aliphatic carbocycles. The fourth-order valence-corrected chi connectivity index (χ4v) is 1.90. The summed E-state index contributed by atoms with van der Waals surface area (Å²) in [6.45, 7) is 1.93. The average molecular weight is 271 g/mol. The standard InChI is InChI=1S/C16H17NO3/c1-11-7-8-15(20-3)14(9-11)16(18)17-12-5-4-6-13(10-12)19-2/h4-10H,1-3H3,(H,17,18). The van der Waals surface area contributed by atoms with Crippen LogP contribution < -0.4 is 14.8 Å². The summed E-state index contributed by atoms with van der Waals surface area (Å²) < 4.78 is 10.3. The highest BCUT2D eigenvalue weighted by molar-refractivity contribution is 6.06. The van der Waals surface area contributed by atoms with E-state index in [1.165, 1.54) is 0 Å². The van der Waals surface area contributed by atoms with Crippen LogP contribution in [0.25, 0.3) is 0 Å². The summed E-state index contributed by atoms with van der Waals surface area (Å²) in [4.78, 5) is 12.3. The molecule has 2 aromatic carbocycles. The van der Waals surface area contributed by atoms with Gasteiger partial charge in [-0.25, -0.2) is 0 Å². The number of carbonyl (C=O) groups is 1. The first kappa shape index (κ1) is 13.9. The Hall–Kier alpha value is -2.49. The maximum Gasteiger partial charge on any atom is 0.259 e. The summed E-state index contributed by atoms with van der Waals surface area (Å²) >= 11 is 0. The van der Waals surface area contributed by atoms with Crippen molar-refractivity contribution in [3.63, 3.8) is 0 Å². The van der Waals surface area contributed by atoms with Crippen molar-refractivity contribution >= 4 is 11.6 Å². The zero-order valence-corrected chi connectivity index (χ0v) is 11.8. The molecule has 0 spiro atoms. The Morgan fingerprint density at radius 3 is 2.55 bits per heavy atom. The van der Waals surface area contributed by atoms with E-state index in [2.05, 4.69) is 5.32 Å². The van der Waals surface area contributed by atoms with Crippen LogP contribution in [-0.4, -0.2) is 20.1 Å². The number of hydrogen-bond donors (Lipinski definition) is 1. The van der Waals surface area contributed by atoms with Gasteiger partial charge in [-0.15, -0.1) is 0 Å². The third-order valence-electron chi connectivity index (χ3n) is 2.93. The van der Waals surface area contributed by atoms with E-state index in [9.17, 15) is 4.79 Å². The molecule has 104 valence electrons. The highest BCUT2D eigenvalue weighted by Gasteiger charge is 2.12. The molecule has 0 aromatic heterocycles. The second-order valence-corrected chi connectivity index (χ2v) is 4.39. The number of aryl methyl sites for hydroxylation is 1. The van der Waals surface area contributed by atoms with Gasteiger partial charge in [0.25, 0.3) is 5.91 Å². The van der Waals surface area contributed by atoms with Gasteiger partial charge >= 0.3 is 0 Å². The minimum atomic E-state index is -0.209. The summed E-state index contributed by atoms with van der Waals surface area (Å²) in [6, 6.07) is 12.7. The highest BCUT2D eigenvalue weighted by Crippen LogP contribution is 2.22. The van der Waals surface area contributed by atoms with Gasteiger partial charge < -0.3 is 14.8 Å². The first-order valence-corrected chi connectivity index (χ1v) is 6.24. The fraction of sp³-hybridized carbons (Fsp3) is 0.188. The van der Waals surface area contributed by atoms with Gasteiger partial charge in [0.05, 0.1) is 19.8 Å². The van der Waals surface area contributed by atoms with Crippen molar-refractivity contribution in [2.45, 2.75) is 6.92 Å². The zero-order valence-electron chi connectivity index (χ0n) is 11.8. The Morgan fingerprint density at radius 2 is 1.85 bits per heavy atom. The molecule has 0 atom stereocenters. The maximum atomic E-state index is 12.3. The lowest BCUT2D eigenvalue weighted by atomic mass is 10.1. The Morgan fingerprint density at radius 1 is 1.05 bits per heavy atom. The molecule has 1 amide bonds. The molecule has 2 aromatic rings. The minimum absolute atomic E-state index is 0.209. The lowest BCUT2D eigenvalue weighted by Gasteiger charge is -2.11. The molecule has 0 bridgehead atoms. The molecule has 0 radical (unpaired) electrons. The third kappa shape index (κ3) is 3.09. The number of rotatable bonds is 4. The second-order valence-electron chi connectivity index (χ2n) is 4.39. The van der Waals surface area contributed by atoms with Crippen LogP contribution in [0.1, 0.15) is 15.9 Å². The van der Waals surface area contributed by atoms with Gasteiger partial charge in [-0.05, 0) is 31.2 Å². The number of ether oxygens (including phenoxy) is 2. The molecule has 0 fully saturated rings.